The molecule has 0 saturated heterocycles. The van der Waals surface area contributed by atoms with Gasteiger partial charge in [0.15, 0.2) is 5.16 Å². The number of aryl methyl sites for hydroxylation is 1. The average molecular weight is 280 g/mol. The third-order valence-corrected chi connectivity index (χ3v) is 3.07. The predicted molar refractivity (Wildman–Crippen MR) is 75.1 cm³/mol. The summed E-state index contributed by atoms with van der Waals surface area (Å²) in [5.74, 6) is 0.100. The van der Waals surface area contributed by atoms with Crippen molar-refractivity contribution in [3.63, 3.8) is 0 Å². The van der Waals surface area contributed by atoms with Gasteiger partial charge >= 0.3 is 0 Å². The van der Waals surface area contributed by atoms with E-state index in [1.54, 1.807) is 24.0 Å². The van der Waals surface area contributed by atoms with Gasteiger partial charge in [0.2, 0.25) is 5.91 Å². The fourth-order valence-electron chi connectivity index (χ4n) is 1.25. The summed E-state index contributed by atoms with van der Waals surface area (Å²) in [6.45, 7) is 9.69. The molecule has 1 aromatic rings. The van der Waals surface area contributed by atoms with Crippen LogP contribution in [0.4, 0.5) is 0 Å². The largest absolute Gasteiger partial charge is 0.335 e. The van der Waals surface area contributed by atoms with Gasteiger partial charge in [-0.25, -0.2) is 0 Å². The number of thioether (sulfide) groups is 1. The third kappa shape index (κ3) is 4.70. The number of nitrogens with one attached hydrogen (secondary N) is 1. The molecule has 0 bridgehead atoms. The van der Waals surface area contributed by atoms with E-state index >= 15 is 0 Å². The van der Waals surface area contributed by atoms with Crippen LogP contribution in [0.25, 0.3) is 0 Å². The Kier molecular flexibility index (Phi) is 6.01. The molecule has 0 unspecified atom stereocenters. The second-order valence-electron chi connectivity index (χ2n) is 3.71. The molecular formula is C12H16N4O2S. The molecule has 0 spiro atoms. The highest BCUT2D eigenvalue weighted by molar-refractivity contribution is 7.99. The number of hydrogen-bond acceptors (Lipinski definition) is 5. The Morgan fingerprint density at radius 2 is 2.00 bits per heavy atom. The topological polar surface area (TPSA) is 79.0 Å². The summed E-state index contributed by atoms with van der Waals surface area (Å²) in [7, 11) is 0. The summed E-state index contributed by atoms with van der Waals surface area (Å²) in [5.41, 5.74) is 0.00889. The van der Waals surface area contributed by atoms with Crippen LogP contribution >= 0.6 is 11.8 Å². The number of aromatic nitrogens is 3. The first-order valence-corrected chi connectivity index (χ1v) is 6.63. The highest BCUT2D eigenvalue weighted by atomic mass is 32.2. The first-order valence-electron chi connectivity index (χ1n) is 5.64. The van der Waals surface area contributed by atoms with Crippen molar-refractivity contribution in [2.24, 2.45) is 0 Å². The zero-order valence-electron chi connectivity index (χ0n) is 10.8. The summed E-state index contributed by atoms with van der Waals surface area (Å²) in [4.78, 5) is 27.4. The van der Waals surface area contributed by atoms with Gasteiger partial charge in [0.25, 0.3) is 5.56 Å². The predicted octanol–water partition coefficient (Wildman–Crippen LogP) is 0.766. The Bertz CT molecular complexity index is 517. The van der Waals surface area contributed by atoms with Gasteiger partial charge in [0, 0.05) is 13.1 Å². The molecule has 6 nitrogen and oxygen atoms in total. The van der Waals surface area contributed by atoms with Crippen molar-refractivity contribution in [2.75, 3.05) is 18.8 Å². The minimum absolute atomic E-state index is 0.0759. The summed E-state index contributed by atoms with van der Waals surface area (Å²) < 4.78 is 0. The van der Waals surface area contributed by atoms with Crippen LogP contribution < -0.4 is 5.56 Å². The lowest BCUT2D eigenvalue weighted by molar-refractivity contribution is -0.127. The molecule has 0 fully saturated rings. The molecule has 1 aromatic heterocycles. The number of aromatic amines is 1. The number of rotatable bonds is 7. The molecule has 0 aliphatic heterocycles. The summed E-state index contributed by atoms with van der Waals surface area (Å²) in [5, 5.41) is 7.85. The van der Waals surface area contributed by atoms with Crippen LogP contribution in [0.3, 0.4) is 0 Å². The van der Waals surface area contributed by atoms with Gasteiger partial charge in [0.1, 0.15) is 5.69 Å². The lowest BCUT2D eigenvalue weighted by atomic mass is 10.4. The maximum atomic E-state index is 11.9. The summed E-state index contributed by atoms with van der Waals surface area (Å²) >= 11 is 1.14. The van der Waals surface area contributed by atoms with Gasteiger partial charge in [-0.15, -0.1) is 23.4 Å². The van der Waals surface area contributed by atoms with Crippen molar-refractivity contribution >= 4 is 17.7 Å². The quantitative estimate of drug-likeness (QED) is 0.589. The molecule has 0 aliphatic carbocycles. The van der Waals surface area contributed by atoms with Crippen molar-refractivity contribution in [3.05, 3.63) is 41.4 Å². The van der Waals surface area contributed by atoms with Crippen LogP contribution in [-0.2, 0) is 4.79 Å². The highest BCUT2D eigenvalue weighted by Crippen LogP contribution is 2.10. The van der Waals surface area contributed by atoms with E-state index in [2.05, 4.69) is 28.3 Å². The zero-order chi connectivity index (χ0) is 14.3. The van der Waals surface area contributed by atoms with Crippen molar-refractivity contribution in [3.8, 4) is 0 Å². The van der Waals surface area contributed by atoms with Crippen molar-refractivity contribution in [1.29, 1.82) is 0 Å². The molecule has 19 heavy (non-hydrogen) atoms. The van der Waals surface area contributed by atoms with Crippen LogP contribution in [0.1, 0.15) is 5.69 Å². The zero-order valence-corrected chi connectivity index (χ0v) is 11.6. The van der Waals surface area contributed by atoms with Gasteiger partial charge in [-0.2, -0.15) is 0 Å². The maximum Gasteiger partial charge on any atom is 0.273 e. The SMILES string of the molecule is C=CCN(CC=C)C(=O)CSc1nnc(C)c(=O)[nH]1. The Morgan fingerprint density at radius 1 is 1.37 bits per heavy atom. The second kappa shape index (κ2) is 7.52. The first-order chi connectivity index (χ1) is 9.08. The molecule has 1 amide bonds. The van der Waals surface area contributed by atoms with Gasteiger partial charge in [0.05, 0.1) is 5.75 Å². The number of H-pyrrole nitrogens is 1. The fourth-order valence-corrected chi connectivity index (χ4v) is 1.96. The third-order valence-electron chi connectivity index (χ3n) is 2.22. The van der Waals surface area contributed by atoms with E-state index in [9.17, 15) is 9.59 Å². The lowest BCUT2D eigenvalue weighted by Gasteiger charge is -2.18. The van der Waals surface area contributed by atoms with E-state index in [1.165, 1.54) is 0 Å². The first kappa shape index (κ1) is 15.2. The molecule has 102 valence electrons. The lowest BCUT2D eigenvalue weighted by Crippen LogP contribution is -2.32. The van der Waals surface area contributed by atoms with Crippen LogP contribution in [0, 0.1) is 6.92 Å². The molecule has 0 aromatic carbocycles. The van der Waals surface area contributed by atoms with Crippen molar-refractivity contribution in [2.45, 2.75) is 12.1 Å². The Morgan fingerprint density at radius 3 is 2.53 bits per heavy atom. The molecule has 1 N–H and O–H groups in total. The Labute approximate surface area is 115 Å². The van der Waals surface area contributed by atoms with E-state index in [0.717, 1.165) is 11.8 Å². The van der Waals surface area contributed by atoms with Gasteiger partial charge < -0.3 is 4.90 Å². The average Bonchev–Trinajstić information content (AvgIpc) is 2.39. The molecule has 1 rings (SSSR count). The smallest absolute Gasteiger partial charge is 0.273 e. The fraction of sp³-hybridized carbons (Fsp3) is 0.333. The van der Waals surface area contributed by atoms with Crippen LogP contribution in [-0.4, -0.2) is 44.8 Å². The molecule has 1 heterocycles. The van der Waals surface area contributed by atoms with Gasteiger partial charge in [-0.3, -0.25) is 14.6 Å². The summed E-state index contributed by atoms with van der Waals surface area (Å²) in [6.07, 6.45) is 3.30. The Hall–Kier alpha value is -1.89. The molecule has 0 saturated carbocycles. The summed E-state index contributed by atoms with van der Waals surface area (Å²) in [6, 6.07) is 0. The molecule has 0 radical (unpaired) electrons. The molecule has 0 atom stereocenters. The van der Waals surface area contributed by atoms with E-state index in [0.29, 0.717) is 23.9 Å². The van der Waals surface area contributed by atoms with E-state index in [1.807, 2.05) is 0 Å². The Balaban J connectivity index is 2.61. The molecule has 0 aliphatic rings. The van der Waals surface area contributed by atoms with Crippen LogP contribution in [0.2, 0.25) is 0 Å². The van der Waals surface area contributed by atoms with Crippen LogP contribution in [0.5, 0.6) is 0 Å². The highest BCUT2D eigenvalue weighted by Gasteiger charge is 2.12. The van der Waals surface area contributed by atoms with E-state index in [-0.39, 0.29) is 17.2 Å². The second-order valence-corrected chi connectivity index (χ2v) is 4.67. The number of carbonyl (C=O) groups is 1. The minimum Gasteiger partial charge on any atom is -0.335 e. The van der Waals surface area contributed by atoms with Crippen molar-refractivity contribution in [1.82, 2.24) is 20.1 Å². The normalized spacial score (nSPS) is 9.95. The molecular weight excluding hydrogens is 264 g/mol. The number of hydrogen-bond donors (Lipinski definition) is 1. The minimum atomic E-state index is -0.293. The van der Waals surface area contributed by atoms with Crippen LogP contribution in [0.15, 0.2) is 35.3 Å². The standard InChI is InChI=1S/C12H16N4O2S/c1-4-6-16(7-5-2)10(17)8-19-12-13-11(18)9(3)14-15-12/h4-5H,1-2,6-8H2,3H3,(H,13,15,18). The monoisotopic (exact) mass is 280 g/mol. The number of carbonyl (C=O) groups excluding carboxylic acids is 1. The van der Waals surface area contributed by atoms with Gasteiger partial charge in [-0.05, 0) is 6.92 Å². The molecule has 7 heteroatoms. The van der Waals surface area contributed by atoms with Crippen molar-refractivity contribution < 1.29 is 4.79 Å². The maximum absolute atomic E-state index is 11.9. The van der Waals surface area contributed by atoms with E-state index in [4.69, 9.17) is 0 Å². The van der Waals surface area contributed by atoms with E-state index < -0.39 is 0 Å². The number of nitrogens with zero attached hydrogens (tertiary/aromatic N) is 3. The van der Waals surface area contributed by atoms with Gasteiger partial charge in [-0.1, -0.05) is 23.9 Å². The number of amides is 1.